The minimum Gasteiger partial charge on any atom is -0.320 e. The smallest absolute Gasteiger partial charge is 0.279 e. The van der Waals surface area contributed by atoms with Crippen molar-refractivity contribution in [3.8, 4) is 5.69 Å². The minimum atomic E-state index is -3.68. The fraction of sp³-hybridized carbons (Fsp3) is 0.125. The number of nitrogens with zero attached hydrogens (tertiary/aromatic N) is 3. The lowest BCUT2D eigenvalue weighted by Gasteiger charge is -2.15. The summed E-state index contributed by atoms with van der Waals surface area (Å²) >= 11 is 0. The van der Waals surface area contributed by atoms with Gasteiger partial charge in [-0.1, -0.05) is 42.5 Å². The Bertz CT molecular complexity index is 1530. The van der Waals surface area contributed by atoms with E-state index >= 15 is 0 Å². The average Bonchev–Trinajstić information content (AvgIpc) is 2.81. The minimum absolute atomic E-state index is 0.0503. The van der Waals surface area contributed by atoms with E-state index in [0.717, 1.165) is 4.31 Å². The zero-order chi connectivity index (χ0) is 23.8. The van der Waals surface area contributed by atoms with Gasteiger partial charge in [-0.3, -0.25) is 9.59 Å². The molecular weight excluding hydrogens is 440 g/mol. The Balaban J connectivity index is 1.83. The highest BCUT2D eigenvalue weighted by Gasteiger charge is 2.21. The van der Waals surface area contributed by atoms with E-state index < -0.39 is 15.9 Å². The van der Waals surface area contributed by atoms with E-state index in [1.54, 1.807) is 61.5 Å². The molecule has 0 saturated carbocycles. The van der Waals surface area contributed by atoms with Crippen LogP contribution in [0, 0.1) is 6.92 Å². The van der Waals surface area contributed by atoms with E-state index in [2.05, 4.69) is 10.4 Å². The van der Waals surface area contributed by atoms with Gasteiger partial charge in [0.1, 0.15) is 0 Å². The van der Waals surface area contributed by atoms with Crippen molar-refractivity contribution in [3.05, 3.63) is 94.4 Å². The molecule has 1 aromatic heterocycles. The topological polar surface area (TPSA) is 101 Å². The number of fused-ring (bicyclic) bond motifs is 1. The number of hydrogen-bond acceptors (Lipinski definition) is 5. The van der Waals surface area contributed by atoms with Gasteiger partial charge in [-0.15, -0.1) is 0 Å². The summed E-state index contributed by atoms with van der Waals surface area (Å²) in [7, 11) is -0.797. The van der Waals surface area contributed by atoms with Gasteiger partial charge >= 0.3 is 0 Å². The summed E-state index contributed by atoms with van der Waals surface area (Å²) in [4.78, 5) is 26.4. The molecule has 1 amide bonds. The number of anilines is 1. The number of para-hydroxylation sites is 1. The molecule has 0 aliphatic heterocycles. The number of carbonyl (C=O) groups is 1. The average molecular weight is 463 g/mol. The zero-order valence-electron chi connectivity index (χ0n) is 18.3. The second-order valence-corrected chi connectivity index (χ2v) is 9.82. The van der Waals surface area contributed by atoms with E-state index in [-0.39, 0.29) is 16.1 Å². The number of aryl methyl sites for hydroxylation is 1. The van der Waals surface area contributed by atoms with Gasteiger partial charge in [0, 0.05) is 25.2 Å². The molecule has 0 aliphatic carbocycles. The van der Waals surface area contributed by atoms with Crippen molar-refractivity contribution >= 4 is 32.4 Å². The first-order chi connectivity index (χ1) is 15.7. The van der Waals surface area contributed by atoms with Crippen molar-refractivity contribution in [2.24, 2.45) is 0 Å². The molecule has 0 bridgehead atoms. The molecule has 3 aromatic carbocycles. The van der Waals surface area contributed by atoms with Crippen LogP contribution in [0.4, 0.5) is 5.69 Å². The molecule has 0 fully saturated rings. The summed E-state index contributed by atoms with van der Waals surface area (Å²) < 4.78 is 27.4. The second kappa shape index (κ2) is 8.61. The molecule has 8 nitrogen and oxygen atoms in total. The highest BCUT2D eigenvalue weighted by molar-refractivity contribution is 7.89. The van der Waals surface area contributed by atoms with E-state index in [4.69, 9.17) is 0 Å². The van der Waals surface area contributed by atoms with Gasteiger partial charge < -0.3 is 5.32 Å². The summed E-state index contributed by atoms with van der Waals surface area (Å²) in [6.45, 7) is 1.76. The highest BCUT2D eigenvalue weighted by atomic mass is 32.2. The maximum atomic E-state index is 13.3. The second-order valence-electron chi connectivity index (χ2n) is 7.66. The van der Waals surface area contributed by atoms with E-state index in [0.29, 0.717) is 27.7 Å². The van der Waals surface area contributed by atoms with Gasteiger partial charge in [-0.05, 0) is 42.8 Å². The molecule has 4 rings (SSSR count). The van der Waals surface area contributed by atoms with Crippen LogP contribution >= 0.6 is 0 Å². The summed E-state index contributed by atoms with van der Waals surface area (Å²) in [6.07, 6.45) is 0. The Hall–Kier alpha value is -3.82. The zero-order valence-corrected chi connectivity index (χ0v) is 19.1. The summed E-state index contributed by atoms with van der Waals surface area (Å²) in [5.74, 6) is -0.557. The molecule has 0 radical (unpaired) electrons. The van der Waals surface area contributed by atoms with Gasteiger partial charge in [-0.25, -0.2) is 12.7 Å². The van der Waals surface area contributed by atoms with Gasteiger partial charge in [-0.2, -0.15) is 9.78 Å². The van der Waals surface area contributed by atoms with Crippen LogP contribution < -0.4 is 10.9 Å². The standard InChI is InChI=1S/C24H22N4O4S/c1-16-13-14-18(33(31,32)27(2)3)15-21(16)25-23(29)22-19-11-7-8-12-20(19)24(30)28(26-22)17-9-5-4-6-10-17/h4-15H,1-3H3,(H,25,29). The van der Waals surface area contributed by atoms with Gasteiger partial charge in [0.25, 0.3) is 11.5 Å². The van der Waals surface area contributed by atoms with Crippen LogP contribution in [-0.4, -0.2) is 42.5 Å². The maximum Gasteiger partial charge on any atom is 0.279 e. The molecule has 0 aliphatic rings. The fourth-order valence-corrected chi connectivity index (χ4v) is 4.32. The fourth-order valence-electron chi connectivity index (χ4n) is 3.39. The Labute approximate surface area is 191 Å². The van der Waals surface area contributed by atoms with E-state index in [1.165, 1.54) is 30.9 Å². The number of hydrogen-bond donors (Lipinski definition) is 1. The molecule has 1 heterocycles. The number of carbonyl (C=O) groups excluding carboxylic acids is 1. The molecule has 33 heavy (non-hydrogen) atoms. The normalized spacial score (nSPS) is 11.6. The number of sulfonamides is 1. The molecule has 4 aromatic rings. The molecule has 1 N–H and O–H groups in total. The van der Waals surface area contributed by atoms with Crippen LogP contribution in [0.5, 0.6) is 0 Å². The lowest BCUT2D eigenvalue weighted by Crippen LogP contribution is -2.26. The number of aromatic nitrogens is 2. The lowest BCUT2D eigenvalue weighted by molar-refractivity contribution is 0.102. The van der Waals surface area contributed by atoms with Crippen LogP contribution in [0.3, 0.4) is 0 Å². The first-order valence-corrected chi connectivity index (χ1v) is 11.6. The van der Waals surface area contributed by atoms with Crippen LogP contribution in [0.2, 0.25) is 0 Å². The SMILES string of the molecule is Cc1ccc(S(=O)(=O)N(C)C)cc1NC(=O)c1nn(-c2ccccc2)c(=O)c2ccccc12. The van der Waals surface area contributed by atoms with Gasteiger partial charge in [0.05, 0.1) is 16.0 Å². The highest BCUT2D eigenvalue weighted by Crippen LogP contribution is 2.23. The number of rotatable bonds is 5. The summed E-state index contributed by atoms with van der Waals surface area (Å²) in [5.41, 5.74) is 1.25. The van der Waals surface area contributed by atoms with Gasteiger partial charge in [0.15, 0.2) is 5.69 Å². The monoisotopic (exact) mass is 462 g/mol. The Morgan fingerprint density at radius 3 is 2.24 bits per heavy atom. The Morgan fingerprint density at radius 1 is 0.939 bits per heavy atom. The van der Waals surface area contributed by atoms with Crippen LogP contribution in [0.25, 0.3) is 16.5 Å². The van der Waals surface area contributed by atoms with E-state index in [1.807, 2.05) is 6.07 Å². The number of amides is 1. The molecule has 0 saturated heterocycles. The van der Waals surface area contributed by atoms with Crippen molar-refractivity contribution in [2.75, 3.05) is 19.4 Å². The third-order valence-electron chi connectivity index (χ3n) is 5.26. The predicted octanol–water partition coefficient (Wildman–Crippen LogP) is 3.20. The first-order valence-electron chi connectivity index (χ1n) is 10.1. The number of benzene rings is 3. The predicted molar refractivity (Wildman–Crippen MR) is 127 cm³/mol. The summed E-state index contributed by atoms with van der Waals surface area (Å²) in [6, 6.07) is 20.1. The van der Waals surface area contributed by atoms with Crippen molar-refractivity contribution in [3.63, 3.8) is 0 Å². The Kier molecular flexibility index (Phi) is 5.84. The van der Waals surface area contributed by atoms with Crippen LogP contribution in [0.1, 0.15) is 16.1 Å². The third-order valence-corrected chi connectivity index (χ3v) is 7.07. The van der Waals surface area contributed by atoms with E-state index in [9.17, 15) is 18.0 Å². The molecular formula is C24H22N4O4S. The molecule has 0 spiro atoms. The van der Waals surface area contributed by atoms with Crippen molar-refractivity contribution in [2.45, 2.75) is 11.8 Å². The van der Waals surface area contributed by atoms with Crippen molar-refractivity contribution < 1.29 is 13.2 Å². The maximum absolute atomic E-state index is 13.3. The largest absolute Gasteiger partial charge is 0.320 e. The van der Waals surface area contributed by atoms with Crippen molar-refractivity contribution in [1.29, 1.82) is 0 Å². The molecule has 9 heteroatoms. The molecule has 0 atom stereocenters. The first kappa shape index (κ1) is 22.4. The van der Waals surface area contributed by atoms with Crippen molar-refractivity contribution in [1.82, 2.24) is 14.1 Å². The molecule has 168 valence electrons. The lowest BCUT2D eigenvalue weighted by atomic mass is 10.1. The third kappa shape index (κ3) is 4.15. The quantitative estimate of drug-likeness (QED) is 0.491. The summed E-state index contributed by atoms with van der Waals surface area (Å²) in [5, 5.41) is 7.88. The van der Waals surface area contributed by atoms with Crippen LogP contribution in [0.15, 0.2) is 82.5 Å². The number of nitrogens with one attached hydrogen (secondary N) is 1. The van der Waals surface area contributed by atoms with Crippen LogP contribution in [-0.2, 0) is 10.0 Å². The Morgan fingerprint density at radius 2 is 1.58 bits per heavy atom. The molecule has 0 unspecified atom stereocenters. The van der Waals surface area contributed by atoms with Gasteiger partial charge in [0.2, 0.25) is 10.0 Å².